The number of carbonyl (C=O) groups excluding carboxylic acids is 1. The number of anilines is 2. The van der Waals surface area contributed by atoms with E-state index in [0.29, 0.717) is 11.1 Å². The highest BCUT2D eigenvalue weighted by Crippen LogP contribution is 2.38. The molecule has 0 bridgehead atoms. The van der Waals surface area contributed by atoms with E-state index in [1.807, 2.05) is 0 Å². The minimum absolute atomic E-state index is 0.0999. The number of nitrogens with one attached hydrogen (secondary N) is 1. The molecule has 1 saturated carbocycles. The Morgan fingerprint density at radius 1 is 1.12 bits per heavy atom. The van der Waals surface area contributed by atoms with Crippen molar-refractivity contribution in [2.45, 2.75) is 38.0 Å². The summed E-state index contributed by atoms with van der Waals surface area (Å²) in [5.74, 6) is -2.87. The SMILES string of the molecule is O=C(Oc1cc(OC2CCCC2)c2c(Nc3ccc(F)c(Cl)c3)ncnc2c1)C(F)(F)F. The van der Waals surface area contributed by atoms with Gasteiger partial charge in [-0.05, 0) is 43.9 Å². The summed E-state index contributed by atoms with van der Waals surface area (Å²) < 4.78 is 62.0. The first-order chi connectivity index (χ1) is 15.2. The van der Waals surface area contributed by atoms with Gasteiger partial charge in [-0.25, -0.2) is 19.2 Å². The molecule has 0 radical (unpaired) electrons. The average Bonchev–Trinajstić information content (AvgIpc) is 3.23. The Balaban J connectivity index is 1.77. The Labute approximate surface area is 184 Å². The number of esters is 1. The van der Waals surface area contributed by atoms with E-state index in [-0.39, 0.29) is 34.0 Å². The summed E-state index contributed by atoms with van der Waals surface area (Å²) in [6.45, 7) is 0. The molecule has 11 heteroatoms. The van der Waals surface area contributed by atoms with Gasteiger partial charge >= 0.3 is 12.1 Å². The van der Waals surface area contributed by atoms with Crippen molar-refractivity contribution >= 4 is 40.0 Å². The number of carbonyl (C=O) groups is 1. The van der Waals surface area contributed by atoms with Crippen molar-refractivity contribution < 1.29 is 31.8 Å². The van der Waals surface area contributed by atoms with Gasteiger partial charge in [-0.2, -0.15) is 13.2 Å². The van der Waals surface area contributed by atoms with Crippen LogP contribution in [0.1, 0.15) is 25.7 Å². The van der Waals surface area contributed by atoms with Crippen LogP contribution in [0.2, 0.25) is 5.02 Å². The molecule has 1 heterocycles. The van der Waals surface area contributed by atoms with Crippen LogP contribution in [0.3, 0.4) is 0 Å². The molecule has 2 aromatic carbocycles. The minimum atomic E-state index is -5.15. The fraction of sp³-hybridized carbons (Fsp3) is 0.286. The monoisotopic (exact) mass is 469 g/mol. The molecule has 0 atom stereocenters. The van der Waals surface area contributed by atoms with Crippen molar-refractivity contribution in [3.05, 3.63) is 47.5 Å². The molecular formula is C21H16ClF4N3O3. The molecule has 0 unspecified atom stereocenters. The molecule has 32 heavy (non-hydrogen) atoms. The molecule has 0 aliphatic heterocycles. The molecule has 6 nitrogen and oxygen atoms in total. The van der Waals surface area contributed by atoms with Crippen LogP contribution in [0.25, 0.3) is 10.9 Å². The summed E-state index contributed by atoms with van der Waals surface area (Å²) in [6, 6.07) is 6.38. The fourth-order valence-corrected chi connectivity index (χ4v) is 3.62. The average molecular weight is 470 g/mol. The number of hydrogen-bond donors (Lipinski definition) is 1. The van der Waals surface area contributed by atoms with Gasteiger partial charge in [0.25, 0.3) is 0 Å². The lowest BCUT2D eigenvalue weighted by Gasteiger charge is -2.18. The van der Waals surface area contributed by atoms with Gasteiger partial charge in [-0.15, -0.1) is 0 Å². The molecule has 3 aromatic rings. The molecule has 0 amide bonds. The maximum Gasteiger partial charge on any atom is 0.491 e. The van der Waals surface area contributed by atoms with E-state index in [1.54, 1.807) is 0 Å². The van der Waals surface area contributed by atoms with Crippen molar-refractivity contribution in [1.29, 1.82) is 0 Å². The number of ether oxygens (including phenoxy) is 2. The Morgan fingerprint density at radius 2 is 1.88 bits per heavy atom. The summed E-state index contributed by atoms with van der Waals surface area (Å²) in [7, 11) is 0. The van der Waals surface area contributed by atoms with Crippen molar-refractivity contribution in [2.24, 2.45) is 0 Å². The van der Waals surface area contributed by atoms with Gasteiger partial charge in [0, 0.05) is 17.8 Å². The van der Waals surface area contributed by atoms with Crippen LogP contribution in [0.4, 0.5) is 29.1 Å². The third kappa shape index (κ3) is 4.85. The smallest absolute Gasteiger partial charge is 0.489 e. The number of halogens is 5. The zero-order valence-corrected chi connectivity index (χ0v) is 17.1. The molecule has 168 valence electrons. The van der Waals surface area contributed by atoms with Crippen molar-refractivity contribution in [2.75, 3.05) is 5.32 Å². The van der Waals surface area contributed by atoms with E-state index in [0.717, 1.165) is 25.7 Å². The number of benzene rings is 2. The summed E-state index contributed by atoms with van der Waals surface area (Å²) in [4.78, 5) is 19.6. The van der Waals surface area contributed by atoms with Gasteiger partial charge in [-0.1, -0.05) is 11.6 Å². The predicted molar refractivity (Wildman–Crippen MR) is 109 cm³/mol. The fourth-order valence-electron chi connectivity index (χ4n) is 3.44. The first-order valence-corrected chi connectivity index (χ1v) is 10.0. The van der Waals surface area contributed by atoms with E-state index >= 15 is 0 Å². The van der Waals surface area contributed by atoms with Gasteiger partial charge in [0.15, 0.2) is 0 Å². The van der Waals surface area contributed by atoms with E-state index in [1.165, 1.54) is 36.7 Å². The summed E-state index contributed by atoms with van der Waals surface area (Å²) in [6.07, 6.45) is -0.648. The lowest BCUT2D eigenvalue weighted by molar-refractivity contribution is -0.189. The van der Waals surface area contributed by atoms with Gasteiger partial charge in [0.2, 0.25) is 0 Å². The van der Waals surface area contributed by atoms with E-state index < -0.39 is 18.0 Å². The normalized spacial score (nSPS) is 14.5. The van der Waals surface area contributed by atoms with Gasteiger partial charge in [0.05, 0.1) is 22.0 Å². The summed E-state index contributed by atoms with van der Waals surface area (Å²) in [5, 5.41) is 3.26. The van der Waals surface area contributed by atoms with Crippen molar-refractivity contribution in [3.63, 3.8) is 0 Å². The topological polar surface area (TPSA) is 73.3 Å². The van der Waals surface area contributed by atoms with Crippen LogP contribution in [0.5, 0.6) is 11.5 Å². The molecule has 4 rings (SSSR count). The Kier molecular flexibility index (Phi) is 6.05. The number of aromatic nitrogens is 2. The van der Waals surface area contributed by atoms with Crippen molar-refractivity contribution in [1.82, 2.24) is 9.97 Å². The molecule has 1 aliphatic carbocycles. The zero-order valence-electron chi connectivity index (χ0n) is 16.4. The first-order valence-electron chi connectivity index (χ1n) is 9.67. The Hall–Kier alpha value is -3.14. The second-order valence-corrected chi connectivity index (χ2v) is 7.61. The third-order valence-electron chi connectivity index (χ3n) is 4.90. The lowest BCUT2D eigenvalue weighted by atomic mass is 10.2. The van der Waals surface area contributed by atoms with E-state index in [4.69, 9.17) is 16.3 Å². The largest absolute Gasteiger partial charge is 0.491 e. The molecular weight excluding hydrogens is 454 g/mol. The zero-order chi connectivity index (χ0) is 22.9. The van der Waals surface area contributed by atoms with Crippen LogP contribution in [0.15, 0.2) is 36.7 Å². The van der Waals surface area contributed by atoms with Crippen LogP contribution in [-0.4, -0.2) is 28.2 Å². The minimum Gasteiger partial charge on any atom is -0.489 e. The molecule has 1 aromatic heterocycles. The quantitative estimate of drug-likeness (QED) is 0.282. The lowest BCUT2D eigenvalue weighted by Crippen LogP contribution is -2.28. The van der Waals surface area contributed by atoms with Gasteiger partial charge < -0.3 is 14.8 Å². The van der Waals surface area contributed by atoms with E-state index in [9.17, 15) is 22.4 Å². The number of nitrogens with zero attached hydrogens (tertiary/aromatic N) is 2. The molecule has 1 N–H and O–H groups in total. The number of rotatable bonds is 5. The van der Waals surface area contributed by atoms with Gasteiger partial charge in [0.1, 0.15) is 29.5 Å². The van der Waals surface area contributed by atoms with Crippen molar-refractivity contribution in [3.8, 4) is 11.5 Å². The highest BCUT2D eigenvalue weighted by atomic mass is 35.5. The van der Waals surface area contributed by atoms with E-state index in [2.05, 4.69) is 20.0 Å². The predicted octanol–water partition coefficient (Wildman–Crippen LogP) is 5.96. The third-order valence-corrected chi connectivity index (χ3v) is 5.19. The van der Waals surface area contributed by atoms with Crippen LogP contribution < -0.4 is 14.8 Å². The molecule has 0 spiro atoms. The second-order valence-electron chi connectivity index (χ2n) is 7.20. The Bertz CT molecular complexity index is 1170. The first kappa shape index (κ1) is 22.1. The summed E-state index contributed by atoms with van der Waals surface area (Å²) >= 11 is 5.84. The van der Waals surface area contributed by atoms with Crippen LogP contribution >= 0.6 is 11.6 Å². The summed E-state index contributed by atoms with van der Waals surface area (Å²) in [5.41, 5.74) is 0.618. The maximum atomic E-state index is 13.5. The maximum absolute atomic E-state index is 13.5. The highest BCUT2D eigenvalue weighted by molar-refractivity contribution is 6.31. The standard InChI is InChI=1S/C21H16ClF4N3O3/c22-14-7-11(5-6-15(14)23)29-19-18-16(27-10-28-19)8-13(32-20(30)21(24,25)26)9-17(18)31-12-3-1-2-4-12/h5-10,12H,1-4H2,(H,27,28,29). The Morgan fingerprint density at radius 3 is 2.56 bits per heavy atom. The van der Waals surface area contributed by atoms with Crippen LogP contribution in [0, 0.1) is 5.82 Å². The van der Waals surface area contributed by atoms with Gasteiger partial charge in [-0.3, -0.25) is 0 Å². The number of fused-ring (bicyclic) bond motifs is 1. The number of alkyl halides is 3. The van der Waals surface area contributed by atoms with Crippen LogP contribution in [-0.2, 0) is 4.79 Å². The number of hydrogen-bond acceptors (Lipinski definition) is 6. The second kappa shape index (κ2) is 8.78. The molecule has 1 fully saturated rings. The highest BCUT2D eigenvalue weighted by Gasteiger charge is 2.41. The molecule has 0 saturated heterocycles. The molecule has 1 aliphatic rings.